The molecule has 1 unspecified atom stereocenters. The Morgan fingerprint density at radius 1 is 1.48 bits per heavy atom. The zero-order valence-electron chi connectivity index (χ0n) is 13.2. The molecule has 1 N–H and O–H groups in total. The van der Waals surface area contributed by atoms with Crippen molar-refractivity contribution in [3.8, 4) is 0 Å². The van der Waals surface area contributed by atoms with Gasteiger partial charge in [-0.05, 0) is 37.6 Å². The Hall–Kier alpha value is -1.92. The number of nitrogens with zero attached hydrogens (tertiary/aromatic N) is 1. The zero-order chi connectivity index (χ0) is 16.2. The average Bonchev–Trinajstić information content (AvgIpc) is 3.04. The first-order chi connectivity index (χ1) is 11.2. The number of methoxy groups -OCH3 is 1. The Balaban J connectivity index is 1.68. The Morgan fingerprint density at radius 2 is 2.35 bits per heavy atom. The third-order valence-electron chi connectivity index (χ3n) is 4.27. The first-order valence-electron chi connectivity index (χ1n) is 7.87. The molecule has 23 heavy (non-hydrogen) atoms. The van der Waals surface area contributed by atoms with Crippen molar-refractivity contribution in [2.24, 2.45) is 0 Å². The molecule has 1 aliphatic heterocycles. The fourth-order valence-corrected chi connectivity index (χ4v) is 3.09. The minimum Gasteiger partial charge on any atom is -0.461 e. The van der Waals surface area contributed by atoms with Crippen LogP contribution in [0.5, 0.6) is 0 Å². The molecule has 1 atom stereocenters. The predicted octanol–water partition coefficient (Wildman–Crippen LogP) is 2.41. The first kappa shape index (κ1) is 16.0. The van der Waals surface area contributed by atoms with Crippen LogP contribution in [-0.2, 0) is 4.74 Å². The van der Waals surface area contributed by atoms with Crippen molar-refractivity contribution in [2.75, 3.05) is 33.4 Å². The molecule has 0 aliphatic carbocycles. The van der Waals surface area contributed by atoms with Crippen LogP contribution in [0, 0.1) is 5.82 Å². The largest absolute Gasteiger partial charge is 0.461 e. The summed E-state index contributed by atoms with van der Waals surface area (Å²) in [5.74, 6) is -0.639. The number of fused-ring (bicyclic) bond motifs is 1. The summed E-state index contributed by atoms with van der Waals surface area (Å²) in [5, 5.41) is 3.57. The molecule has 0 spiro atoms. The quantitative estimate of drug-likeness (QED) is 0.919. The molecule has 5 nitrogen and oxygen atoms in total. The molecule has 6 heteroatoms. The van der Waals surface area contributed by atoms with Crippen molar-refractivity contribution in [1.82, 2.24) is 10.2 Å². The minimum atomic E-state index is -0.454. The van der Waals surface area contributed by atoms with E-state index in [-0.39, 0.29) is 17.5 Å². The smallest absolute Gasteiger partial charge is 0.252 e. The van der Waals surface area contributed by atoms with E-state index >= 15 is 0 Å². The maximum absolute atomic E-state index is 13.6. The SMILES string of the molecule is COCCN1CCCC(NC(=O)c2ccc(F)c3occc23)C1. The molecular formula is C17H21FN2O3. The van der Waals surface area contributed by atoms with Crippen molar-refractivity contribution in [1.29, 1.82) is 0 Å². The highest BCUT2D eigenvalue weighted by Crippen LogP contribution is 2.23. The number of amides is 1. The molecule has 1 aromatic heterocycles. The second-order valence-corrected chi connectivity index (χ2v) is 5.86. The molecule has 1 fully saturated rings. The Labute approximate surface area is 134 Å². The highest BCUT2D eigenvalue weighted by atomic mass is 19.1. The van der Waals surface area contributed by atoms with E-state index in [0.717, 1.165) is 32.5 Å². The molecule has 2 aromatic rings. The van der Waals surface area contributed by atoms with Gasteiger partial charge in [0.15, 0.2) is 11.4 Å². The molecule has 2 heterocycles. The second-order valence-electron chi connectivity index (χ2n) is 5.86. The normalized spacial score (nSPS) is 19.1. The van der Waals surface area contributed by atoms with E-state index in [2.05, 4.69) is 10.2 Å². The van der Waals surface area contributed by atoms with Crippen molar-refractivity contribution >= 4 is 16.9 Å². The van der Waals surface area contributed by atoms with E-state index < -0.39 is 5.82 Å². The predicted molar refractivity (Wildman–Crippen MR) is 85.0 cm³/mol. The van der Waals surface area contributed by atoms with E-state index in [1.165, 1.54) is 18.4 Å². The molecule has 3 rings (SSSR count). The maximum Gasteiger partial charge on any atom is 0.252 e. The lowest BCUT2D eigenvalue weighted by atomic mass is 10.0. The van der Waals surface area contributed by atoms with Gasteiger partial charge < -0.3 is 14.5 Å². The zero-order valence-corrected chi connectivity index (χ0v) is 13.2. The Kier molecular flexibility index (Phi) is 4.93. The summed E-state index contributed by atoms with van der Waals surface area (Å²) in [4.78, 5) is 14.8. The van der Waals surface area contributed by atoms with Crippen LogP contribution in [0.3, 0.4) is 0 Å². The fraction of sp³-hybridized carbons (Fsp3) is 0.471. The van der Waals surface area contributed by atoms with Crippen LogP contribution in [0.1, 0.15) is 23.2 Å². The third kappa shape index (κ3) is 3.54. The molecule has 0 saturated carbocycles. The standard InChI is InChI=1S/C17H21FN2O3/c1-22-10-8-20-7-2-3-12(11-20)19-17(21)14-4-5-15(18)16-13(14)6-9-23-16/h4-6,9,12H,2-3,7-8,10-11H2,1H3,(H,19,21). The van der Waals surface area contributed by atoms with Gasteiger partial charge in [0.25, 0.3) is 5.91 Å². The summed E-state index contributed by atoms with van der Waals surface area (Å²) in [5.41, 5.74) is 0.576. The Morgan fingerprint density at radius 3 is 3.17 bits per heavy atom. The second kappa shape index (κ2) is 7.10. The number of carbonyl (C=O) groups excluding carboxylic acids is 1. The lowest BCUT2D eigenvalue weighted by Crippen LogP contribution is -2.48. The minimum absolute atomic E-state index is 0.0973. The van der Waals surface area contributed by atoms with Crippen LogP contribution in [-0.4, -0.2) is 50.2 Å². The van der Waals surface area contributed by atoms with Crippen molar-refractivity contribution in [3.05, 3.63) is 35.8 Å². The summed E-state index contributed by atoms with van der Waals surface area (Å²) in [6, 6.07) is 4.50. The molecule has 1 aliphatic rings. The highest BCUT2D eigenvalue weighted by molar-refractivity contribution is 6.06. The lowest BCUT2D eigenvalue weighted by Gasteiger charge is -2.32. The van der Waals surface area contributed by atoms with E-state index in [4.69, 9.17) is 9.15 Å². The fourth-order valence-electron chi connectivity index (χ4n) is 3.09. The summed E-state index contributed by atoms with van der Waals surface area (Å²) in [7, 11) is 1.69. The topological polar surface area (TPSA) is 54.7 Å². The van der Waals surface area contributed by atoms with Crippen LogP contribution in [0.2, 0.25) is 0 Å². The molecule has 1 aromatic carbocycles. The van der Waals surface area contributed by atoms with E-state index in [1.807, 2.05) is 0 Å². The van der Waals surface area contributed by atoms with E-state index in [0.29, 0.717) is 17.6 Å². The molecule has 1 saturated heterocycles. The molecule has 0 radical (unpaired) electrons. The van der Waals surface area contributed by atoms with Gasteiger partial charge in [0, 0.05) is 31.6 Å². The third-order valence-corrected chi connectivity index (χ3v) is 4.27. The summed E-state index contributed by atoms with van der Waals surface area (Å²) in [6.45, 7) is 3.39. The molecule has 124 valence electrons. The number of piperidine rings is 1. The van der Waals surface area contributed by atoms with Gasteiger partial charge in [0.05, 0.1) is 18.4 Å². The van der Waals surface area contributed by atoms with E-state index in [1.54, 1.807) is 13.2 Å². The number of benzene rings is 1. The number of hydrogen-bond donors (Lipinski definition) is 1. The number of furan rings is 1. The van der Waals surface area contributed by atoms with Gasteiger partial charge in [-0.25, -0.2) is 4.39 Å². The van der Waals surface area contributed by atoms with Crippen molar-refractivity contribution in [3.63, 3.8) is 0 Å². The van der Waals surface area contributed by atoms with Crippen LogP contribution in [0.25, 0.3) is 11.0 Å². The number of halogens is 1. The van der Waals surface area contributed by atoms with Gasteiger partial charge in [-0.1, -0.05) is 0 Å². The summed E-state index contributed by atoms with van der Waals surface area (Å²) >= 11 is 0. The molecular weight excluding hydrogens is 299 g/mol. The van der Waals surface area contributed by atoms with Crippen LogP contribution >= 0.6 is 0 Å². The highest BCUT2D eigenvalue weighted by Gasteiger charge is 2.23. The van der Waals surface area contributed by atoms with Crippen LogP contribution < -0.4 is 5.32 Å². The first-order valence-corrected chi connectivity index (χ1v) is 7.87. The number of ether oxygens (including phenoxy) is 1. The van der Waals surface area contributed by atoms with Crippen molar-refractivity contribution in [2.45, 2.75) is 18.9 Å². The molecule has 0 bridgehead atoms. The summed E-state index contributed by atoms with van der Waals surface area (Å²) < 4.78 is 23.9. The van der Waals surface area contributed by atoms with Gasteiger partial charge >= 0.3 is 0 Å². The number of rotatable bonds is 5. The van der Waals surface area contributed by atoms with Gasteiger partial charge in [-0.3, -0.25) is 9.69 Å². The van der Waals surface area contributed by atoms with Gasteiger partial charge in [0.1, 0.15) is 0 Å². The van der Waals surface area contributed by atoms with Crippen molar-refractivity contribution < 1.29 is 18.3 Å². The Bertz CT molecular complexity index is 686. The van der Waals surface area contributed by atoms with Crippen LogP contribution in [0.15, 0.2) is 28.9 Å². The van der Waals surface area contributed by atoms with Crippen LogP contribution in [0.4, 0.5) is 4.39 Å². The van der Waals surface area contributed by atoms with Gasteiger partial charge in [-0.2, -0.15) is 0 Å². The number of nitrogens with one attached hydrogen (secondary N) is 1. The molecule has 1 amide bonds. The number of likely N-dealkylation sites (tertiary alicyclic amines) is 1. The van der Waals surface area contributed by atoms with Gasteiger partial charge in [0.2, 0.25) is 0 Å². The van der Waals surface area contributed by atoms with E-state index in [9.17, 15) is 9.18 Å². The summed E-state index contributed by atoms with van der Waals surface area (Å²) in [6.07, 6.45) is 3.39. The maximum atomic E-state index is 13.6. The average molecular weight is 320 g/mol. The monoisotopic (exact) mass is 320 g/mol. The lowest BCUT2D eigenvalue weighted by molar-refractivity contribution is 0.0880. The number of hydrogen-bond acceptors (Lipinski definition) is 4. The van der Waals surface area contributed by atoms with Gasteiger partial charge in [-0.15, -0.1) is 0 Å². The number of carbonyl (C=O) groups is 1.